The summed E-state index contributed by atoms with van der Waals surface area (Å²) in [4.78, 5) is 11.8. The number of carbonyl (C=O) groups is 1. The van der Waals surface area contributed by atoms with Crippen LogP contribution in [0.1, 0.15) is 66.2 Å². The molecule has 0 aliphatic carbocycles. The van der Waals surface area contributed by atoms with Crippen molar-refractivity contribution < 1.29 is 14.3 Å². The first-order chi connectivity index (χ1) is 8.62. The second-order valence-electron chi connectivity index (χ2n) is 4.86. The summed E-state index contributed by atoms with van der Waals surface area (Å²) in [5.74, 6) is -0.912. The Bertz CT molecular complexity index is 158. The topological polar surface area (TPSA) is 26.3 Å². The van der Waals surface area contributed by atoms with Crippen molar-refractivity contribution in [1.82, 2.24) is 0 Å². The summed E-state index contributed by atoms with van der Waals surface area (Å²) in [6.07, 6.45) is 8.87. The molecule has 0 amide bonds. The first kappa shape index (κ1) is 20.5. The van der Waals surface area contributed by atoms with Crippen LogP contribution in [0.5, 0.6) is 0 Å². The number of carbonyl (C=O) groups excluding carboxylic acids is 1. The zero-order valence-corrected chi connectivity index (χ0v) is 15.9. The van der Waals surface area contributed by atoms with Crippen LogP contribution in [0.15, 0.2) is 0 Å². The average molecular weight is 369 g/mol. The third-order valence-electron chi connectivity index (χ3n) is 3.01. The molecule has 0 rings (SSSR count). The summed E-state index contributed by atoms with van der Waals surface area (Å²) in [6, 6.07) is 0. The van der Waals surface area contributed by atoms with Crippen LogP contribution in [0.3, 0.4) is 0 Å². The van der Waals surface area contributed by atoms with Gasteiger partial charge in [0.05, 0.1) is 0 Å². The Balaban J connectivity index is 0. The van der Waals surface area contributed by atoms with Crippen LogP contribution in [-0.2, 0) is 9.74 Å². The van der Waals surface area contributed by atoms with E-state index in [0.717, 1.165) is 6.92 Å². The number of hydrogen-bond acceptors (Lipinski definition) is 2. The van der Waals surface area contributed by atoms with Gasteiger partial charge in [0.2, 0.25) is 0 Å². The second-order valence-corrected chi connectivity index (χ2v) is 14.7. The van der Waals surface area contributed by atoms with Gasteiger partial charge in [0, 0.05) is 11.4 Å². The summed E-state index contributed by atoms with van der Waals surface area (Å²) >= 11 is -0.967. The first-order valence-corrected chi connectivity index (χ1v) is 14.4. The summed E-state index contributed by atoms with van der Waals surface area (Å²) in [7, 11) is 0. The van der Waals surface area contributed by atoms with Crippen LogP contribution < -0.4 is 0 Å². The van der Waals surface area contributed by atoms with E-state index < -0.39 is 25.7 Å². The predicted octanol–water partition coefficient (Wildman–Crippen LogP) is 5.05. The van der Waals surface area contributed by atoms with Crippen molar-refractivity contribution in [3.05, 3.63) is 0 Å². The molecule has 0 fully saturated rings. The fraction of sp³-hybridized carbons (Fsp3) is 0.929. The van der Waals surface area contributed by atoms with E-state index in [2.05, 4.69) is 25.7 Å². The Morgan fingerprint density at radius 1 is 0.944 bits per heavy atom. The molecule has 0 aliphatic heterocycles. The second kappa shape index (κ2) is 17.2. The Morgan fingerprint density at radius 3 is 1.39 bits per heavy atom. The van der Waals surface area contributed by atoms with E-state index >= 15 is 0 Å². The van der Waals surface area contributed by atoms with Crippen LogP contribution in [-0.4, -0.2) is 25.7 Å². The van der Waals surface area contributed by atoms with Gasteiger partial charge in [-0.3, -0.25) is 4.94 Å². The zero-order valence-electron chi connectivity index (χ0n) is 12.6. The van der Waals surface area contributed by atoms with Crippen LogP contribution in [0.2, 0.25) is 13.3 Å². The van der Waals surface area contributed by atoms with E-state index in [1.165, 1.54) is 38.5 Å². The molecule has 0 N–H and O–H groups in total. The third kappa shape index (κ3) is 18.6. The standard InChI is InChI=1S/3C4H9.C2H3FO2.Sn.H/c3*1-3-4-2;1-2(4)5-3;;/h3*1,3-4H2,2H3;1H3;;. The fourth-order valence-corrected chi connectivity index (χ4v) is 12.8. The van der Waals surface area contributed by atoms with Gasteiger partial charge in [-0.2, -0.15) is 0 Å². The molecular weight excluding hydrogens is 338 g/mol. The minimum absolute atomic E-state index is 0.912. The molecule has 0 saturated carbocycles. The summed E-state index contributed by atoms with van der Waals surface area (Å²) in [6.45, 7) is 7.99. The molecule has 18 heavy (non-hydrogen) atoms. The molecule has 0 unspecified atom stereocenters. The van der Waals surface area contributed by atoms with Gasteiger partial charge in [0.1, 0.15) is 0 Å². The SMILES string of the molecule is CC(=O)OF.CCC[CH2][SnH]([CH2]CCC)[CH2]CCC. The van der Waals surface area contributed by atoms with E-state index in [4.69, 9.17) is 0 Å². The monoisotopic (exact) mass is 370 g/mol. The van der Waals surface area contributed by atoms with Crippen molar-refractivity contribution in [2.24, 2.45) is 0 Å². The number of unbranched alkanes of at least 4 members (excludes halogenated alkanes) is 3. The summed E-state index contributed by atoms with van der Waals surface area (Å²) in [5.41, 5.74) is 0. The van der Waals surface area contributed by atoms with Gasteiger partial charge in [-0.05, 0) is 0 Å². The van der Waals surface area contributed by atoms with Gasteiger partial charge in [0.25, 0.3) is 0 Å². The van der Waals surface area contributed by atoms with Crippen molar-refractivity contribution in [3.63, 3.8) is 0 Å². The normalized spacial score (nSPS) is 9.89. The number of hydrogen-bond donors (Lipinski definition) is 0. The minimum atomic E-state index is -0.967. The summed E-state index contributed by atoms with van der Waals surface area (Å²) < 4.78 is 15.3. The van der Waals surface area contributed by atoms with E-state index in [1.807, 2.05) is 0 Å². The van der Waals surface area contributed by atoms with Crippen LogP contribution >= 0.6 is 0 Å². The van der Waals surface area contributed by atoms with Crippen LogP contribution in [0.25, 0.3) is 0 Å². The molecule has 110 valence electrons. The van der Waals surface area contributed by atoms with Crippen molar-refractivity contribution in [2.45, 2.75) is 79.5 Å². The first-order valence-electron chi connectivity index (χ1n) is 7.41. The maximum atomic E-state index is 10.3. The Labute approximate surface area is 119 Å². The van der Waals surface area contributed by atoms with Crippen molar-refractivity contribution in [2.75, 3.05) is 0 Å². The molecule has 0 aromatic rings. The molecule has 0 spiro atoms. The van der Waals surface area contributed by atoms with Gasteiger partial charge < -0.3 is 0 Å². The van der Waals surface area contributed by atoms with Crippen molar-refractivity contribution in [3.8, 4) is 0 Å². The Kier molecular flexibility index (Phi) is 19.6. The molecule has 2 nitrogen and oxygen atoms in total. The van der Waals surface area contributed by atoms with Gasteiger partial charge in [-0.15, -0.1) is 0 Å². The molecular formula is C14H31FO2Sn. The average Bonchev–Trinajstić information content (AvgIpc) is 2.38. The van der Waals surface area contributed by atoms with Crippen LogP contribution in [0, 0.1) is 0 Å². The molecule has 0 aliphatic rings. The molecule has 0 bridgehead atoms. The Morgan fingerprint density at radius 2 is 1.22 bits per heavy atom. The van der Waals surface area contributed by atoms with Gasteiger partial charge in [0.15, 0.2) is 0 Å². The molecule has 0 radical (unpaired) electrons. The number of rotatable bonds is 9. The van der Waals surface area contributed by atoms with E-state index in [9.17, 15) is 9.32 Å². The summed E-state index contributed by atoms with van der Waals surface area (Å²) in [5, 5.41) is 0. The molecule has 0 aromatic heterocycles. The van der Waals surface area contributed by atoms with E-state index in [-0.39, 0.29) is 0 Å². The third-order valence-corrected chi connectivity index (χ3v) is 13.5. The molecule has 0 heterocycles. The van der Waals surface area contributed by atoms with Gasteiger partial charge in [-0.25, -0.2) is 4.79 Å². The molecule has 0 saturated heterocycles. The molecule has 4 heteroatoms. The zero-order chi connectivity index (χ0) is 14.2. The predicted molar refractivity (Wildman–Crippen MR) is 79.2 cm³/mol. The number of halogens is 1. The van der Waals surface area contributed by atoms with Gasteiger partial charge in [-0.1, -0.05) is 0 Å². The Hall–Kier alpha value is 0.199. The van der Waals surface area contributed by atoms with Crippen molar-refractivity contribution >= 4 is 25.7 Å². The fourth-order valence-electron chi connectivity index (χ4n) is 1.91. The van der Waals surface area contributed by atoms with E-state index in [1.54, 1.807) is 13.3 Å². The quantitative estimate of drug-likeness (QED) is 0.532. The maximum absolute atomic E-state index is 10.3. The van der Waals surface area contributed by atoms with Crippen LogP contribution in [0.4, 0.5) is 4.53 Å². The molecule has 0 atom stereocenters. The molecule has 0 aromatic carbocycles. The van der Waals surface area contributed by atoms with E-state index in [0.29, 0.717) is 0 Å². The van der Waals surface area contributed by atoms with Gasteiger partial charge >= 0.3 is 98.3 Å². The van der Waals surface area contributed by atoms with Crippen molar-refractivity contribution in [1.29, 1.82) is 0 Å².